The van der Waals surface area contributed by atoms with Gasteiger partial charge in [0.05, 0.1) is 11.5 Å². The van der Waals surface area contributed by atoms with Gasteiger partial charge in [-0.2, -0.15) is 0 Å². The highest BCUT2D eigenvalue weighted by Crippen LogP contribution is 2.30. The number of nitrogens with zero attached hydrogens (tertiary/aromatic N) is 1. The van der Waals surface area contributed by atoms with Gasteiger partial charge in [0.25, 0.3) is 0 Å². The predicted octanol–water partition coefficient (Wildman–Crippen LogP) is 1.46. The standard InChI is InChI=1S/C14H19BrN2O3S/c15-13-4-1-10(9-18)7-14(13)21(19,20)16-11-5-6-17(8-11)12-2-3-12/h1,4,7,11-12,16,18H,2-3,5-6,8-9H2. The van der Waals surface area contributed by atoms with Gasteiger partial charge in [-0.1, -0.05) is 6.07 Å². The summed E-state index contributed by atoms with van der Waals surface area (Å²) < 4.78 is 28.4. The van der Waals surface area contributed by atoms with Crippen LogP contribution in [-0.4, -0.2) is 43.6 Å². The van der Waals surface area contributed by atoms with Gasteiger partial charge in [-0.05, 0) is 52.9 Å². The number of rotatable bonds is 5. The largest absolute Gasteiger partial charge is 0.392 e. The minimum atomic E-state index is -3.57. The molecular weight excluding hydrogens is 356 g/mol. The molecule has 2 fully saturated rings. The van der Waals surface area contributed by atoms with Crippen molar-refractivity contribution in [3.05, 3.63) is 28.2 Å². The molecule has 0 amide bonds. The van der Waals surface area contributed by atoms with Crippen molar-refractivity contribution in [1.82, 2.24) is 9.62 Å². The summed E-state index contributed by atoms with van der Waals surface area (Å²) in [5.74, 6) is 0. The molecule has 1 unspecified atom stereocenters. The van der Waals surface area contributed by atoms with Crippen molar-refractivity contribution >= 4 is 26.0 Å². The summed E-state index contributed by atoms with van der Waals surface area (Å²) in [5.41, 5.74) is 0.588. The number of sulfonamides is 1. The van der Waals surface area contributed by atoms with Crippen LogP contribution in [0.3, 0.4) is 0 Å². The van der Waals surface area contributed by atoms with Crippen LogP contribution in [0.15, 0.2) is 27.6 Å². The van der Waals surface area contributed by atoms with Crippen LogP contribution >= 0.6 is 15.9 Å². The molecule has 0 radical (unpaired) electrons. The molecular formula is C14H19BrN2O3S. The molecule has 1 heterocycles. The second kappa shape index (κ2) is 5.96. The molecule has 1 saturated heterocycles. The van der Waals surface area contributed by atoms with Crippen LogP contribution in [0.1, 0.15) is 24.8 Å². The average Bonchev–Trinajstić information content (AvgIpc) is 3.20. The van der Waals surface area contributed by atoms with Gasteiger partial charge in [0.15, 0.2) is 0 Å². The van der Waals surface area contributed by atoms with Gasteiger partial charge in [-0.15, -0.1) is 0 Å². The average molecular weight is 375 g/mol. The van der Waals surface area contributed by atoms with E-state index in [1.54, 1.807) is 12.1 Å². The van der Waals surface area contributed by atoms with E-state index in [4.69, 9.17) is 5.11 Å². The lowest BCUT2D eigenvalue weighted by atomic mass is 10.2. The number of hydrogen-bond donors (Lipinski definition) is 2. The lowest BCUT2D eigenvalue weighted by Crippen LogP contribution is -2.37. The maximum absolute atomic E-state index is 12.5. The Bertz CT molecular complexity index is 631. The van der Waals surface area contributed by atoms with Crippen LogP contribution in [0.25, 0.3) is 0 Å². The van der Waals surface area contributed by atoms with Crippen molar-refractivity contribution in [3.8, 4) is 0 Å². The first kappa shape index (κ1) is 15.4. The van der Waals surface area contributed by atoms with Crippen molar-refractivity contribution in [2.45, 2.75) is 42.8 Å². The molecule has 1 aromatic carbocycles. The number of benzene rings is 1. The molecule has 0 spiro atoms. The Kier molecular flexibility index (Phi) is 4.38. The molecule has 7 heteroatoms. The van der Waals surface area contributed by atoms with Crippen molar-refractivity contribution in [2.75, 3.05) is 13.1 Å². The van der Waals surface area contributed by atoms with Crippen molar-refractivity contribution in [2.24, 2.45) is 0 Å². The molecule has 3 rings (SSSR count). The van der Waals surface area contributed by atoms with Crippen LogP contribution in [0.2, 0.25) is 0 Å². The second-order valence-electron chi connectivity index (χ2n) is 5.76. The van der Waals surface area contributed by atoms with Crippen LogP contribution in [0, 0.1) is 0 Å². The van der Waals surface area contributed by atoms with Crippen molar-refractivity contribution in [3.63, 3.8) is 0 Å². The Balaban J connectivity index is 1.74. The summed E-state index contributed by atoms with van der Waals surface area (Å²) in [7, 11) is -3.57. The second-order valence-corrected chi connectivity index (χ2v) is 8.29. The van der Waals surface area contributed by atoms with Gasteiger partial charge >= 0.3 is 0 Å². The van der Waals surface area contributed by atoms with E-state index in [1.165, 1.54) is 18.9 Å². The molecule has 5 nitrogen and oxygen atoms in total. The van der Waals surface area contributed by atoms with E-state index in [-0.39, 0.29) is 17.5 Å². The van der Waals surface area contributed by atoms with Crippen molar-refractivity contribution in [1.29, 1.82) is 0 Å². The first-order valence-electron chi connectivity index (χ1n) is 7.15. The topological polar surface area (TPSA) is 69.6 Å². The van der Waals surface area contributed by atoms with Crippen molar-refractivity contribution < 1.29 is 13.5 Å². The molecule has 0 aromatic heterocycles. The molecule has 2 aliphatic rings. The molecule has 1 atom stereocenters. The SMILES string of the molecule is O=S(=O)(NC1CCN(C2CC2)C1)c1cc(CO)ccc1Br. The van der Waals surface area contributed by atoms with E-state index in [9.17, 15) is 8.42 Å². The van der Waals surface area contributed by atoms with E-state index in [1.807, 2.05) is 0 Å². The Morgan fingerprint density at radius 2 is 2.10 bits per heavy atom. The third kappa shape index (κ3) is 3.48. The fourth-order valence-corrected chi connectivity index (χ4v) is 5.07. The summed E-state index contributed by atoms with van der Waals surface area (Å²) in [6, 6.07) is 5.52. The summed E-state index contributed by atoms with van der Waals surface area (Å²) in [5, 5.41) is 9.17. The molecule has 1 aliphatic heterocycles. The zero-order valence-electron chi connectivity index (χ0n) is 11.6. The number of hydrogen-bond acceptors (Lipinski definition) is 4. The quantitative estimate of drug-likeness (QED) is 0.818. The Hall–Kier alpha value is -0.470. The van der Waals surface area contributed by atoms with Gasteiger partial charge in [-0.3, -0.25) is 4.90 Å². The van der Waals surface area contributed by atoms with Gasteiger partial charge in [0.1, 0.15) is 0 Å². The van der Waals surface area contributed by atoms with Crippen LogP contribution in [0.5, 0.6) is 0 Å². The minimum Gasteiger partial charge on any atom is -0.392 e. The number of aliphatic hydroxyl groups is 1. The van der Waals surface area contributed by atoms with Gasteiger partial charge in [0.2, 0.25) is 10.0 Å². The van der Waals surface area contributed by atoms with Crippen LogP contribution in [-0.2, 0) is 16.6 Å². The molecule has 1 saturated carbocycles. The highest BCUT2D eigenvalue weighted by atomic mass is 79.9. The highest BCUT2D eigenvalue weighted by Gasteiger charge is 2.36. The lowest BCUT2D eigenvalue weighted by molar-refractivity contribution is 0.281. The van der Waals surface area contributed by atoms with Gasteiger partial charge in [0, 0.05) is 29.6 Å². The fourth-order valence-electron chi connectivity index (χ4n) is 2.79. The van der Waals surface area contributed by atoms with E-state index in [0.717, 1.165) is 19.5 Å². The molecule has 116 valence electrons. The Labute approximate surface area is 133 Å². The molecule has 1 aromatic rings. The zero-order valence-corrected chi connectivity index (χ0v) is 14.0. The summed E-state index contributed by atoms with van der Waals surface area (Å²) >= 11 is 3.28. The first-order valence-corrected chi connectivity index (χ1v) is 9.43. The Morgan fingerprint density at radius 1 is 1.33 bits per heavy atom. The monoisotopic (exact) mass is 374 g/mol. The normalized spacial score (nSPS) is 23.6. The molecule has 1 aliphatic carbocycles. The summed E-state index contributed by atoms with van der Waals surface area (Å²) in [6.07, 6.45) is 3.33. The highest BCUT2D eigenvalue weighted by molar-refractivity contribution is 9.10. The number of likely N-dealkylation sites (tertiary alicyclic amines) is 1. The minimum absolute atomic E-state index is 0.0275. The smallest absolute Gasteiger partial charge is 0.241 e. The molecule has 0 bridgehead atoms. The third-order valence-electron chi connectivity index (χ3n) is 4.07. The predicted molar refractivity (Wildman–Crippen MR) is 83.4 cm³/mol. The molecule has 21 heavy (non-hydrogen) atoms. The van der Waals surface area contributed by atoms with Crippen LogP contribution in [0.4, 0.5) is 0 Å². The third-order valence-corrected chi connectivity index (χ3v) is 6.59. The fraction of sp³-hybridized carbons (Fsp3) is 0.571. The van der Waals surface area contributed by atoms with E-state index < -0.39 is 10.0 Å². The maximum atomic E-state index is 12.5. The maximum Gasteiger partial charge on any atom is 0.241 e. The van der Waals surface area contributed by atoms with Gasteiger partial charge in [-0.25, -0.2) is 13.1 Å². The van der Waals surface area contributed by atoms with Gasteiger partial charge < -0.3 is 5.11 Å². The lowest BCUT2D eigenvalue weighted by Gasteiger charge is -2.16. The Morgan fingerprint density at radius 3 is 2.76 bits per heavy atom. The number of halogens is 1. The van der Waals surface area contributed by atoms with E-state index >= 15 is 0 Å². The number of aliphatic hydroxyl groups excluding tert-OH is 1. The summed E-state index contributed by atoms with van der Waals surface area (Å²) in [4.78, 5) is 2.56. The summed E-state index contributed by atoms with van der Waals surface area (Å²) in [6.45, 7) is 1.59. The number of nitrogens with one attached hydrogen (secondary N) is 1. The molecule has 2 N–H and O–H groups in total. The van der Waals surface area contributed by atoms with E-state index in [2.05, 4.69) is 25.6 Å². The first-order chi connectivity index (χ1) is 9.99. The van der Waals surface area contributed by atoms with Crippen LogP contribution < -0.4 is 4.72 Å². The zero-order chi connectivity index (χ0) is 15.0. The van der Waals surface area contributed by atoms with E-state index in [0.29, 0.717) is 16.1 Å².